The van der Waals surface area contributed by atoms with E-state index in [9.17, 15) is 19.2 Å². The molecule has 0 spiro atoms. The molecular formula is C65H75Cl2N15O9. The molecule has 26 heteroatoms. The highest BCUT2D eigenvalue weighted by molar-refractivity contribution is 6.30. The molecule has 1 saturated carbocycles. The number of ether oxygens (including phenoxy) is 4. The Morgan fingerprint density at radius 3 is 2.22 bits per heavy atom. The smallest absolute Gasteiger partial charge is 0.326 e. The van der Waals surface area contributed by atoms with Crippen LogP contribution in [0, 0.1) is 6.92 Å². The van der Waals surface area contributed by atoms with Crippen LogP contribution in [0.1, 0.15) is 103 Å². The predicted molar refractivity (Wildman–Crippen MR) is 345 cm³/mol. The van der Waals surface area contributed by atoms with Gasteiger partial charge in [-0.15, -0.1) is 5.10 Å². The number of rotatable bonds is 24. The van der Waals surface area contributed by atoms with Crippen molar-refractivity contribution < 1.29 is 38.1 Å². The van der Waals surface area contributed by atoms with Gasteiger partial charge in [-0.1, -0.05) is 65.5 Å². The molecule has 4 amide bonds. The first-order valence-electron chi connectivity index (χ1n) is 30.8. The topological polar surface area (TPSA) is 249 Å². The average Bonchev–Trinajstić information content (AvgIpc) is 1.50. The Kier molecular flexibility index (Phi) is 20.5. The highest BCUT2D eigenvalue weighted by Crippen LogP contribution is 2.46. The third-order valence-electron chi connectivity index (χ3n) is 16.8. The number of aromatic nitrogens is 7. The zero-order valence-electron chi connectivity index (χ0n) is 51.7. The fourth-order valence-electron chi connectivity index (χ4n) is 12.2. The quantitative estimate of drug-likeness (QED) is 0.0427. The summed E-state index contributed by atoms with van der Waals surface area (Å²) in [5.74, 6) is 1.33. The van der Waals surface area contributed by atoms with Gasteiger partial charge in [0.1, 0.15) is 41.4 Å². The number of nitrogens with zero attached hydrogens (tertiary/aromatic N) is 13. The van der Waals surface area contributed by atoms with Crippen LogP contribution in [0.3, 0.4) is 0 Å². The van der Waals surface area contributed by atoms with Crippen molar-refractivity contribution in [1.29, 1.82) is 0 Å². The Morgan fingerprint density at radius 2 is 1.54 bits per heavy atom. The third kappa shape index (κ3) is 15.1. The average molecular weight is 1280 g/mol. The van der Waals surface area contributed by atoms with Gasteiger partial charge < -0.3 is 44.3 Å². The van der Waals surface area contributed by atoms with Gasteiger partial charge >= 0.3 is 6.03 Å². The van der Waals surface area contributed by atoms with Crippen LogP contribution in [0.5, 0.6) is 11.5 Å². The van der Waals surface area contributed by atoms with E-state index < -0.39 is 18.1 Å². The third-order valence-corrected chi connectivity index (χ3v) is 17.3. The number of hydrogen-bond acceptors (Lipinski definition) is 18. The van der Waals surface area contributed by atoms with E-state index in [1.165, 1.54) is 16.7 Å². The maximum absolute atomic E-state index is 15.1. The van der Waals surface area contributed by atoms with Crippen LogP contribution in [0.15, 0.2) is 107 Å². The van der Waals surface area contributed by atoms with Crippen molar-refractivity contribution in [1.82, 2.24) is 59.4 Å². The number of benzene rings is 3. The second-order valence-electron chi connectivity index (χ2n) is 23.3. The standard InChI is InChI=1S/C65H75Cl2N15O9/c1-41(2)91-54-34-51(88-5)19-20-52(54)61-72-59(44-10-14-46(66)15-11-44)60(45-12-16-47(67)17-13-45)82(61)65(87)79-28-27-78(57(85)40-79)39-56(84)68-22-30-89-32-33-90-31-29-80-38-48(74-75-80)37-76-23-25-77(26-24-76)50-18-21-55(69-35-50)71-64-70-36-53-42(3)58(43(4)83)63(86)81(62(53)73-64)49-8-6-7-9-49/h10-21,34-36,38,41,49,59-60H,6-9,22-33,37,39-40H2,1-5H3,(H,68,84)(H,69,70,71,73). The van der Waals surface area contributed by atoms with E-state index in [4.69, 9.17) is 52.1 Å². The number of piperazine rings is 2. The van der Waals surface area contributed by atoms with E-state index in [-0.39, 0.29) is 80.2 Å². The van der Waals surface area contributed by atoms with E-state index in [0.29, 0.717) is 94.2 Å². The van der Waals surface area contributed by atoms with E-state index in [1.807, 2.05) is 68.7 Å². The van der Waals surface area contributed by atoms with E-state index in [0.717, 1.165) is 74.4 Å². The predicted octanol–water partition coefficient (Wildman–Crippen LogP) is 8.23. The first-order valence-corrected chi connectivity index (χ1v) is 31.6. The summed E-state index contributed by atoms with van der Waals surface area (Å²) in [6.07, 6.45) is 9.03. The number of ketones is 1. The lowest BCUT2D eigenvalue weighted by molar-refractivity contribution is -0.139. The molecule has 2 unspecified atom stereocenters. The van der Waals surface area contributed by atoms with Crippen molar-refractivity contribution in [3.63, 3.8) is 0 Å². The molecule has 3 aromatic carbocycles. The number of nitrogens with one attached hydrogen (secondary N) is 2. The van der Waals surface area contributed by atoms with Gasteiger partial charge in [-0.3, -0.25) is 38.5 Å². The number of aryl methyl sites for hydroxylation is 1. The normalized spacial score (nSPS) is 17.3. The summed E-state index contributed by atoms with van der Waals surface area (Å²) in [6.45, 7) is 13.0. The number of amides is 4. The summed E-state index contributed by atoms with van der Waals surface area (Å²) in [4.78, 5) is 96.7. The van der Waals surface area contributed by atoms with Crippen molar-refractivity contribution in [3.8, 4) is 11.5 Å². The Hall–Kier alpha value is -8.55. The lowest BCUT2D eigenvalue weighted by atomic mass is 9.93. The monoisotopic (exact) mass is 1280 g/mol. The van der Waals surface area contributed by atoms with Crippen LogP contribution in [-0.4, -0.2) is 182 Å². The number of pyridine rings is 2. The number of carbonyl (C=O) groups is 4. The van der Waals surface area contributed by atoms with Crippen molar-refractivity contribution >= 4 is 81.2 Å². The van der Waals surface area contributed by atoms with Gasteiger partial charge in [0, 0.05) is 92.3 Å². The lowest BCUT2D eigenvalue weighted by Gasteiger charge is -2.38. The second-order valence-corrected chi connectivity index (χ2v) is 24.2. The van der Waals surface area contributed by atoms with Crippen LogP contribution < -0.4 is 30.6 Å². The minimum absolute atomic E-state index is 0.00904. The van der Waals surface area contributed by atoms with Crippen LogP contribution in [-0.2, 0) is 32.2 Å². The molecule has 4 aromatic heterocycles. The van der Waals surface area contributed by atoms with Crippen LogP contribution in [0.2, 0.25) is 10.0 Å². The van der Waals surface area contributed by atoms with Gasteiger partial charge in [0.25, 0.3) is 5.56 Å². The number of fused-ring (bicyclic) bond motifs is 1. The van der Waals surface area contributed by atoms with Gasteiger partial charge in [-0.25, -0.2) is 19.4 Å². The number of anilines is 3. The van der Waals surface area contributed by atoms with Gasteiger partial charge in [-0.2, -0.15) is 4.98 Å². The molecule has 478 valence electrons. The zero-order valence-corrected chi connectivity index (χ0v) is 53.2. The van der Waals surface area contributed by atoms with Crippen molar-refractivity contribution in [2.24, 2.45) is 4.99 Å². The molecule has 2 saturated heterocycles. The number of halogens is 2. The zero-order chi connectivity index (χ0) is 63.7. The first-order chi connectivity index (χ1) is 44.1. The summed E-state index contributed by atoms with van der Waals surface area (Å²) in [5, 5.41) is 16.5. The van der Waals surface area contributed by atoms with Gasteiger partial charge in [0.05, 0.1) is 87.5 Å². The molecule has 7 heterocycles. The van der Waals surface area contributed by atoms with Gasteiger partial charge in [0.15, 0.2) is 5.78 Å². The Balaban J connectivity index is 0.588. The van der Waals surface area contributed by atoms with E-state index >= 15 is 4.79 Å². The molecule has 1 aliphatic carbocycles. The minimum atomic E-state index is -0.657. The Morgan fingerprint density at radius 1 is 0.813 bits per heavy atom. The fourth-order valence-corrected chi connectivity index (χ4v) is 12.4. The maximum atomic E-state index is 15.1. The summed E-state index contributed by atoms with van der Waals surface area (Å²) >= 11 is 12.7. The number of amidine groups is 1. The van der Waals surface area contributed by atoms with Crippen molar-refractivity contribution in [2.45, 2.75) is 90.7 Å². The summed E-state index contributed by atoms with van der Waals surface area (Å²) in [5.41, 5.74) is 5.08. The summed E-state index contributed by atoms with van der Waals surface area (Å²) in [6, 6.07) is 22.3. The number of aliphatic imine (C=N–C) groups is 1. The summed E-state index contributed by atoms with van der Waals surface area (Å²) in [7, 11) is 1.57. The molecule has 3 aliphatic heterocycles. The molecule has 11 rings (SSSR count). The highest BCUT2D eigenvalue weighted by Gasteiger charge is 2.46. The number of methoxy groups -OCH3 is 1. The molecule has 91 heavy (non-hydrogen) atoms. The SMILES string of the molecule is COc1ccc(C2=NC(c3ccc(Cl)cc3)C(c3ccc(Cl)cc3)N2C(=O)N2CCN(CC(=O)NCCOCCOCCn3cc(CN4CCN(c5ccc(Nc6ncc7c(C)c(C(C)=O)c(=O)n(C8CCCC8)c7n6)nc5)CC4)nn3)C(=O)C2)c(OC(C)C)c1. The molecular weight excluding hydrogens is 1210 g/mol. The molecule has 0 bridgehead atoms. The Labute approximate surface area is 537 Å². The Bertz CT molecular complexity index is 3830. The molecule has 7 aromatic rings. The molecule has 0 radical (unpaired) electrons. The van der Waals surface area contributed by atoms with E-state index in [2.05, 4.69) is 40.7 Å². The maximum Gasteiger partial charge on any atom is 0.326 e. The molecule has 4 aliphatic rings. The minimum Gasteiger partial charge on any atom is -0.497 e. The number of Topliss-reactive ketones (excluding diaryl/α,β-unsaturated/α-hetero) is 1. The van der Waals surface area contributed by atoms with Crippen molar-refractivity contribution in [3.05, 3.63) is 151 Å². The van der Waals surface area contributed by atoms with Gasteiger partial charge in [-0.05, 0) is 106 Å². The largest absolute Gasteiger partial charge is 0.497 e. The second kappa shape index (κ2) is 29.2. The fraction of sp³-hybridized carbons (Fsp3) is 0.431. The molecule has 3 fully saturated rings. The number of urea groups is 1. The molecule has 2 N–H and O–H groups in total. The van der Waals surface area contributed by atoms with Crippen molar-refractivity contribution in [2.75, 3.05) is 103 Å². The molecule has 24 nitrogen and oxygen atoms in total. The molecule has 2 atom stereocenters. The van der Waals surface area contributed by atoms with Crippen LogP contribution in [0.4, 0.5) is 22.2 Å². The number of hydrogen-bond donors (Lipinski definition) is 2. The van der Waals surface area contributed by atoms with Gasteiger partial charge in [0.2, 0.25) is 17.8 Å². The number of carbonyl (C=O) groups excluding carboxylic acids is 4. The summed E-state index contributed by atoms with van der Waals surface area (Å²) < 4.78 is 26.9. The van der Waals surface area contributed by atoms with Crippen LogP contribution >= 0.6 is 23.2 Å². The lowest BCUT2D eigenvalue weighted by Crippen LogP contribution is -2.57. The highest BCUT2D eigenvalue weighted by atomic mass is 35.5. The van der Waals surface area contributed by atoms with E-state index in [1.54, 1.807) is 70.8 Å². The first kappa shape index (κ1) is 64.0. The van der Waals surface area contributed by atoms with Crippen LogP contribution in [0.25, 0.3) is 11.0 Å².